The number of methoxy groups -OCH3 is 1. The Balaban J connectivity index is 2.11. The summed E-state index contributed by atoms with van der Waals surface area (Å²) in [5, 5.41) is 10.2. The second kappa shape index (κ2) is 6.44. The molecule has 2 aromatic heterocycles. The van der Waals surface area contributed by atoms with Gasteiger partial charge in [-0.3, -0.25) is 4.40 Å². The standard InChI is InChI=1S/C19H14ClFN4O2/c1-27-14-9-11(8-13(20)17(14)26)16-15(10-3-2-4-12(21)7-10)24-18(22)19-23-5-6-25(16)19/h2-9,26H,1H3,(H2,22,24). The van der Waals surface area contributed by atoms with Gasteiger partial charge in [0.2, 0.25) is 0 Å². The summed E-state index contributed by atoms with van der Waals surface area (Å²) in [5.74, 6) is -0.154. The van der Waals surface area contributed by atoms with Crippen LogP contribution < -0.4 is 10.5 Å². The molecular weight excluding hydrogens is 371 g/mol. The van der Waals surface area contributed by atoms with Gasteiger partial charge >= 0.3 is 0 Å². The zero-order chi connectivity index (χ0) is 19.1. The predicted octanol–water partition coefficient (Wildman–Crippen LogP) is 4.15. The van der Waals surface area contributed by atoms with Gasteiger partial charge in [0.25, 0.3) is 0 Å². The van der Waals surface area contributed by atoms with Crippen molar-refractivity contribution >= 4 is 23.1 Å². The first-order valence-electron chi connectivity index (χ1n) is 7.95. The number of phenolic OH excluding ortho intramolecular Hbond substituents is 1. The fraction of sp³-hybridized carbons (Fsp3) is 0.0526. The van der Waals surface area contributed by atoms with Crippen LogP contribution >= 0.6 is 11.6 Å². The van der Waals surface area contributed by atoms with Gasteiger partial charge in [-0.2, -0.15) is 0 Å². The van der Waals surface area contributed by atoms with Gasteiger partial charge in [-0.15, -0.1) is 0 Å². The van der Waals surface area contributed by atoms with Crippen molar-refractivity contribution < 1.29 is 14.2 Å². The number of hydrogen-bond donors (Lipinski definition) is 2. The topological polar surface area (TPSA) is 85.7 Å². The molecule has 8 heteroatoms. The summed E-state index contributed by atoms with van der Waals surface area (Å²) in [4.78, 5) is 8.68. The summed E-state index contributed by atoms with van der Waals surface area (Å²) < 4.78 is 20.8. The van der Waals surface area contributed by atoms with E-state index in [1.54, 1.807) is 41.1 Å². The summed E-state index contributed by atoms with van der Waals surface area (Å²) in [5.41, 5.74) is 8.68. The van der Waals surface area contributed by atoms with Crippen LogP contribution in [-0.4, -0.2) is 26.6 Å². The number of benzene rings is 2. The van der Waals surface area contributed by atoms with Crippen LogP contribution in [0.1, 0.15) is 0 Å². The predicted molar refractivity (Wildman–Crippen MR) is 101 cm³/mol. The Bertz CT molecular complexity index is 1180. The van der Waals surface area contributed by atoms with E-state index in [1.165, 1.54) is 19.2 Å². The SMILES string of the molecule is COc1cc(-c2c(-c3cccc(F)c3)nc(N)c3nccn23)cc(Cl)c1O. The van der Waals surface area contributed by atoms with E-state index >= 15 is 0 Å². The Morgan fingerprint density at radius 3 is 2.78 bits per heavy atom. The monoisotopic (exact) mass is 384 g/mol. The van der Waals surface area contributed by atoms with Gasteiger partial charge in [0.1, 0.15) is 5.82 Å². The second-order valence-corrected chi connectivity index (χ2v) is 6.24. The number of nitrogens with zero attached hydrogens (tertiary/aromatic N) is 3. The highest BCUT2D eigenvalue weighted by Crippen LogP contribution is 2.41. The Labute approximate surface area is 158 Å². The molecule has 4 aromatic rings. The Hall–Kier alpha value is -3.32. The Morgan fingerprint density at radius 2 is 2.04 bits per heavy atom. The van der Waals surface area contributed by atoms with E-state index in [0.29, 0.717) is 28.2 Å². The lowest BCUT2D eigenvalue weighted by Crippen LogP contribution is -2.04. The minimum Gasteiger partial charge on any atom is -0.503 e. The molecule has 0 unspecified atom stereocenters. The van der Waals surface area contributed by atoms with Gasteiger partial charge in [0, 0.05) is 23.5 Å². The highest BCUT2D eigenvalue weighted by Gasteiger charge is 2.20. The average Bonchev–Trinajstić information content (AvgIpc) is 3.14. The fourth-order valence-electron chi connectivity index (χ4n) is 2.99. The molecule has 3 N–H and O–H groups in total. The number of aromatic nitrogens is 3. The van der Waals surface area contributed by atoms with Gasteiger partial charge < -0.3 is 15.6 Å². The molecule has 6 nitrogen and oxygen atoms in total. The third-order valence-corrected chi connectivity index (χ3v) is 4.48. The van der Waals surface area contributed by atoms with Crippen molar-refractivity contribution in [1.82, 2.24) is 14.4 Å². The van der Waals surface area contributed by atoms with Crippen LogP contribution in [0.3, 0.4) is 0 Å². The van der Waals surface area contributed by atoms with Crippen LogP contribution in [0.25, 0.3) is 28.2 Å². The lowest BCUT2D eigenvalue weighted by atomic mass is 10.0. The number of ether oxygens (including phenoxy) is 1. The molecule has 0 aliphatic rings. The minimum absolute atomic E-state index is 0.111. The molecule has 0 fully saturated rings. The molecule has 2 heterocycles. The van der Waals surface area contributed by atoms with E-state index in [9.17, 15) is 9.50 Å². The molecule has 0 amide bonds. The normalized spacial score (nSPS) is 11.1. The number of nitrogen functional groups attached to an aromatic ring is 1. The summed E-state index contributed by atoms with van der Waals surface area (Å²) in [6.07, 6.45) is 3.31. The summed E-state index contributed by atoms with van der Waals surface area (Å²) in [7, 11) is 1.43. The second-order valence-electron chi connectivity index (χ2n) is 5.83. The lowest BCUT2D eigenvalue weighted by molar-refractivity contribution is 0.374. The van der Waals surface area contributed by atoms with Crippen LogP contribution in [0.4, 0.5) is 10.2 Å². The third-order valence-electron chi connectivity index (χ3n) is 4.19. The van der Waals surface area contributed by atoms with Crippen LogP contribution in [-0.2, 0) is 0 Å². The summed E-state index contributed by atoms with van der Waals surface area (Å²) in [6.45, 7) is 0. The number of hydrogen-bond acceptors (Lipinski definition) is 5. The molecule has 136 valence electrons. The largest absolute Gasteiger partial charge is 0.503 e. The van der Waals surface area contributed by atoms with Crippen LogP contribution in [0, 0.1) is 5.82 Å². The first-order valence-corrected chi connectivity index (χ1v) is 8.32. The fourth-order valence-corrected chi connectivity index (χ4v) is 3.20. The zero-order valence-electron chi connectivity index (χ0n) is 14.1. The minimum atomic E-state index is -0.397. The smallest absolute Gasteiger partial charge is 0.180 e. The van der Waals surface area contributed by atoms with Crippen molar-refractivity contribution in [2.75, 3.05) is 12.8 Å². The molecule has 0 saturated heterocycles. The number of imidazole rings is 1. The highest BCUT2D eigenvalue weighted by molar-refractivity contribution is 6.32. The quantitative estimate of drug-likeness (QED) is 0.554. The highest BCUT2D eigenvalue weighted by atomic mass is 35.5. The number of nitrogens with two attached hydrogens (primary N) is 1. The first kappa shape index (κ1) is 17.1. The maximum atomic E-state index is 13.8. The van der Waals surface area contributed by atoms with Gasteiger partial charge in [0.05, 0.1) is 23.5 Å². The average molecular weight is 385 g/mol. The number of halogens is 2. The molecular formula is C19H14ClFN4O2. The Morgan fingerprint density at radius 1 is 1.22 bits per heavy atom. The molecule has 4 rings (SSSR count). The van der Waals surface area contributed by atoms with Gasteiger partial charge in [-0.25, -0.2) is 14.4 Å². The number of phenols is 1. The summed E-state index contributed by atoms with van der Waals surface area (Å²) in [6, 6.07) is 9.24. The Kier molecular flexibility index (Phi) is 4.08. The van der Waals surface area contributed by atoms with E-state index < -0.39 is 5.82 Å². The molecule has 0 bridgehead atoms. The molecule has 27 heavy (non-hydrogen) atoms. The van der Waals surface area contributed by atoms with Gasteiger partial charge in [-0.1, -0.05) is 23.7 Å². The van der Waals surface area contributed by atoms with Gasteiger partial charge in [-0.05, 0) is 24.3 Å². The molecule has 0 radical (unpaired) electrons. The van der Waals surface area contributed by atoms with Crippen molar-refractivity contribution in [3.8, 4) is 34.0 Å². The van der Waals surface area contributed by atoms with Crippen molar-refractivity contribution in [3.05, 3.63) is 59.6 Å². The molecule has 2 aromatic carbocycles. The first-order chi connectivity index (χ1) is 13.0. The van der Waals surface area contributed by atoms with Crippen molar-refractivity contribution in [3.63, 3.8) is 0 Å². The molecule has 0 saturated carbocycles. The van der Waals surface area contributed by atoms with Crippen molar-refractivity contribution in [2.45, 2.75) is 0 Å². The lowest BCUT2D eigenvalue weighted by Gasteiger charge is -2.15. The van der Waals surface area contributed by atoms with Crippen LogP contribution in [0.5, 0.6) is 11.5 Å². The van der Waals surface area contributed by atoms with Crippen molar-refractivity contribution in [2.24, 2.45) is 0 Å². The van der Waals surface area contributed by atoms with E-state index in [4.69, 9.17) is 22.1 Å². The van der Waals surface area contributed by atoms with Crippen LogP contribution in [0.2, 0.25) is 5.02 Å². The molecule has 0 aliphatic heterocycles. The van der Waals surface area contributed by atoms with Crippen molar-refractivity contribution in [1.29, 1.82) is 0 Å². The number of rotatable bonds is 3. The molecule has 0 spiro atoms. The number of anilines is 1. The van der Waals surface area contributed by atoms with Crippen LogP contribution in [0.15, 0.2) is 48.8 Å². The maximum Gasteiger partial charge on any atom is 0.180 e. The van der Waals surface area contributed by atoms with E-state index in [0.717, 1.165) is 0 Å². The number of aromatic hydroxyl groups is 1. The zero-order valence-corrected chi connectivity index (χ0v) is 14.9. The van der Waals surface area contributed by atoms with E-state index in [2.05, 4.69) is 9.97 Å². The molecule has 0 aliphatic carbocycles. The third kappa shape index (κ3) is 2.82. The van der Waals surface area contributed by atoms with E-state index in [1.807, 2.05) is 0 Å². The maximum absolute atomic E-state index is 13.8. The van der Waals surface area contributed by atoms with E-state index in [-0.39, 0.29) is 22.3 Å². The van der Waals surface area contributed by atoms with Gasteiger partial charge in [0.15, 0.2) is 23.0 Å². The number of fused-ring (bicyclic) bond motifs is 1. The summed E-state index contributed by atoms with van der Waals surface area (Å²) >= 11 is 6.17. The molecule has 0 atom stereocenters.